The van der Waals surface area contributed by atoms with Crippen molar-refractivity contribution in [2.45, 2.75) is 18.9 Å². The van der Waals surface area contributed by atoms with E-state index in [0.29, 0.717) is 12.3 Å². The molecule has 0 aliphatic carbocycles. The summed E-state index contributed by atoms with van der Waals surface area (Å²) in [7, 11) is 3.19. The molecule has 2 rings (SSSR count). The number of rotatable bonds is 6. The molecule has 1 aliphatic heterocycles. The van der Waals surface area contributed by atoms with E-state index in [9.17, 15) is 4.79 Å². The molecule has 0 aromatic heterocycles. The second-order valence-electron chi connectivity index (χ2n) is 4.82. The molecule has 1 aliphatic rings. The van der Waals surface area contributed by atoms with Crippen molar-refractivity contribution in [3.05, 3.63) is 29.8 Å². The zero-order valence-corrected chi connectivity index (χ0v) is 12.4. The third-order valence-electron chi connectivity index (χ3n) is 3.38. The van der Waals surface area contributed by atoms with E-state index >= 15 is 0 Å². The summed E-state index contributed by atoms with van der Waals surface area (Å²) in [5.41, 5.74) is 0.795. The van der Waals surface area contributed by atoms with Crippen LogP contribution < -0.4 is 14.8 Å². The Bertz CT molecular complexity index is 507. The molecule has 1 unspecified atom stereocenters. The highest BCUT2D eigenvalue weighted by atomic mass is 16.5. The standard InChI is InChI=1S/C16H21NO4/c1-19-13-6-7-15(20-2)12(10-13)5-8-16(18)17-11-14-4-3-9-21-14/h5-8,10,14H,3-4,9,11H2,1-2H3,(H,17,18). The highest BCUT2D eigenvalue weighted by Crippen LogP contribution is 2.24. The van der Waals surface area contributed by atoms with Crippen molar-refractivity contribution in [1.29, 1.82) is 0 Å². The molecule has 0 bridgehead atoms. The highest BCUT2D eigenvalue weighted by Gasteiger charge is 2.15. The van der Waals surface area contributed by atoms with Gasteiger partial charge < -0.3 is 19.5 Å². The lowest BCUT2D eigenvalue weighted by atomic mass is 10.1. The predicted molar refractivity (Wildman–Crippen MR) is 80.6 cm³/mol. The van der Waals surface area contributed by atoms with Crippen LogP contribution in [0.5, 0.6) is 11.5 Å². The van der Waals surface area contributed by atoms with Gasteiger partial charge in [-0.25, -0.2) is 0 Å². The van der Waals surface area contributed by atoms with Gasteiger partial charge in [-0.05, 0) is 37.1 Å². The topological polar surface area (TPSA) is 56.8 Å². The fourth-order valence-electron chi connectivity index (χ4n) is 2.21. The summed E-state index contributed by atoms with van der Waals surface area (Å²) >= 11 is 0. The van der Waals surface area contributed by atoms with Gasteiger partial charge >= 0.3 is 0 Å². The minimum atomic E-state index is -0.143. The van der Waals surface area contributed by atoms with E-state index in [2.05, 4.69) is 5.32 Å². The van der Waals surface area contributed by atoms with Crippen molar-refractivity contribution < 1.29 is 19.0 Å². The summed E-state index contributed by atoms with van der Waals surface area (Å²) in [6.07, 6.45) is 5.43. The van der Waals surface area contributed by atoms with Crippen LogP contribution in [0.25, 0.3) is 6.08 Å². The Hall–Kier alpha value is -2.01. The fourth-order valence-corrected chi connectivity index (χ4v) is 2.21. The Morgan fingerprint density at radius 1 is 1.43 bits per heavy atom. The Morgan fingerprint density at radius 2 is 2.29 bits per heavy atom. The van der Waals surface area contributed by atoms with Gasteiger partial charge in [-0.3, -0.25) is 4.79 Å². The monoisotopic (exact) mass is 291 g/mol. The molecule has 1 saturated heterocycles. The number of carbonyl (C=O) groups is 1. The highest BCUT2D eigenvalue weighted by molar-refractivity contribution is 5.92. The Kier molecular flexibility index (Phi) is 5.63. The van der Waals surface area contributed by atoms with Crippen molar-refractivity contribution in [2.24, 2.45) is 0 Å². The van der Waals surface area contributed by atoms with Gasteiger partial charge in [0, 0.05) is 24.8 Å². The van der Waals surface area contributed by atoms with Gasteiger partial charge in [-0.15, -0.1) is 0 Å². The number of methoxy groups -OCH3 is 2. The number of carbonyl (C=O) groups excluding carboxylic acids is 1. The molecule has 5 heteroatoms. The van der Waals surface area contributed by atoms with E-state index in [1.54, 1.807) is 20.3 Å². The average molecular weight is 291 g/mol. The van der Waals surface area contributed by atoms with Crippen molar-refractivity contribution in [3.63, 3.8) is 0 Å². The SMILES string of the molecule is COc1ccc(OC)c(C=CC(=O)NCC2CCCO2)c1. The van der Waals surface area contributed by atoms with Crippen LogP contribution in [0, 0.1) is 0 Å². The van der Waals surface area contributed by atoms with Crippen LogP contribution in [-0.4, -0.2) is 39.4 Å². The van der Waals surface area contributed by atoms with Gasteiger partial charge in [0.2, 0.25) is 5.91 Å². The van der Waals surface area contributed by atoms with E-state index in [4.69, 9.17) is 14.2 Å². The van der Waals surface area contributed by atoms with Gasteiger partial charge in [0.25, 0.3) is 0 Å². The predicted octanol–water partition coefficient (Wildman–Crippen LogP) is 2.01. The molecule has 1 atom stereocenters. The number of benzene rings is 1. The molecule has 0 saturated carbocycles. The molecule has 1 amide bonds. The lowest BCUT2D eigenvalue weighted by Gasteiger charge is -2.09. The molecule has 21 heavy (non-hydrogen) atoms. The fraction of sp³-hybridized carbons (Fsp3) is 0.438. The van der Waals surface area contributed by atoms with E-state index < -0.39 is 0 Å². The summed E-state index contributed by atoms with van der Waals surface area (Å²) < 4.78 is 15.9. The van der Waals surface area contributed by atoms with Crippen LogP contribution in [0.4, 0.5) is 0 Å². The maximum Gasteiger partial charge on any atom is 0.244 e. The van der Waals surface area contributed by atoms with Crippen molar-refractivity contribution in [3.8, 4) is 11.5 Å². The summed E-state index contributed by atoms with van der Waals surface area (Å²) in [5, 5.41) is 2.84. The van der Waals surface area contributed by atoms with Crippen LogP contribution >= 0.6 is 0 Å². The maximum atomic E-state index is 11.8. The van der Waals surface area contributed by atoms with E-state index in [1.807, 2.05) is 18.2 Å². The van der Waals surface area contributed by atoms with Crippen LogP contribution in [-0.2, 0) is 9.53 Å². The minimum absolute atomic E-state index is 0.143. The molecular formula is C16H21NO4. The zero-order chi connectivity index (χ0) is 15.1. The van der Waals surface area contributed by atoms with Gasteiger partial charge in [0.1, 0.15) is 11.5 Å². The Balaban J connectivity index is 1.94. The summed E-state index contributed by atoms with van der Waals surface area (Å²) in [5.74, 6) is 1.27. The number of hydrogen-bond donors (Lipinski definition) is 1. The van der Waals surface area contributed by atoms with Crippen LogP contribution in [0.1, 0.15) is 18.4 Å². The number of ether oxygens (including phenoxy) is 3. The average Bonchev–Trinajstić information content (AvgIpc) is 3.04. The first-order chi connectivity index (χ1) is 10.2. The van der Waals surface area contributed by atoms with Gasteiger partial charge in [0.05, 0.1) is 20.3 Å². The maximum absolute atomic E-state index is 11.8. The lowest BCUT2D eigenvalue weighted by Crippen LogP contribution is -2.30. The largest absolute Gasteiger partial charge is 0.497 e. The molecule has 0 radical (unpaired) electrons. The summed E-state index contributed by atoms with van der Waals surface area (Å²) in [6.45, 7) is 1.34. The first-order valence-electron chi connectivity index (χ1n) is 7.02. The molecule has 114 valence electrons. The Morgan fingerprint density at radius 3 is 2.95 bits per heavy atom. The summed E-state index contributed by atoms with van der Waals surface area (Å²) in [4.78, 5) is 11.8. The van der Waals surface area contributed by atoms with Gasteiger partial charge in [-0.2, -0.15) is 0 Å². The quantitative estimate of drug-likeness (QED) is 0.815. The van der Waals surface area contributed by atoms with Gasteiger partial charge in [0.15, 0.2) is 0 Å². The van der Waals surface area contributed by atoms with E-state index in [1.165, 1.54) is 6.08 Å². The minimum Gasteiger partial charge on any atom is -0.497 e. The summed E-state index contributed by atoms with van der Waals surface area (Å²) in [6, 6.07) is 5.44. The lowest BCUT2D eigenvalue weighted by molar-refractivity contribution is -0.116. The van der Waals surface area contributed by atoms with E-state index in [-0.39, 0.29) is 12.0 Å². The van der Waals surface area contributed by atoms with Crippen molar-refractivity contribution >= 4 is 12.0 Å². The van der Waals surface area contributed by atoms with Gasteiger partial charge in [-0.1, -0.05) is 0 Å². The molecule has 1 heterocycles. The molecule has 1 N–H and O–H groups in total. The van der Waals surface area contributed by atoms with Crippen LogP contribution in [0.15, 0.2) is 24.3 Å². The number of amides is 1. The smallest absolute Gasteiger partial charge is 0.244 e. The molecule has 1 aromatic rings. The molecular weight excluding hydrogens is 270 g/mol. The molecule has 5 nitrogen and oxygen atoms in total. The molecule has 1 aromatic carbocycles. The first kappa shape index (κ1) is 15.4. The first-order valence-corrected chi connectivity index (χ1v) is 7.02. The number of hydrogen-bond acceptors (Lipinski definition) is 4. The third kappa shape index (κ3) is 4.49. The second kappa shape index (κ2) is 7.69. The van der Waals surface area contributed by atoms with Crippen LogP contribution in [0.2, 0.25) is 0 Å². The van der Waals surface area contributed by atoms with Crippen LogP contribution in [0.3, 0.4) is 0 Å². The Labute approximate surface area is 124 Å². The third-order valence-corrected chi connectivity index (χ3v) is 3.38. The zero-order valence-electron chi connectivity index (χ0n) is 12.4. The molecule has 0 spiro atoms. The van der Waals surface area contributed by atoms with Crippen molar-refractivity contribution in [1.82, 2.24) is 5.32 Å². The molecule has 1 fully saturated rings. The number of nitrogens with one attached hydrogen (secondary N) is 1. The normalized spacial score (nSPS) is 17.9. The van der Waals surface area contributed by atoms with Crippen molar-refractivity contribution in [2.75, 3.05) is 27.4 Å². The second-order valence-corrected chi connectivity index (χ2v) is 4.82. The van der Waals surface area contributed by atoms with E-state index in [0.717, 1.165) is 30.8 Å².